The molecule has 2 rings (SSSR count). The molecule has 0 aliphatic rings. The largest absolute Gasteiger partial charge is 0.508 e. The molecule has 0 unspecified atom stereocenters. The number of aryl methyl sites for hydroxylation is 2. The van der Waals surface area contributed by atoms with Crippen molar-refractivity contribution < 1.29 is 19.7 Å². The van der Waals surface area contributed by atoms with Crippen LogP contribution in [0.25, 0.3) is 0 Å². The van der Waals surface area contributed by atoms with Crippen LogP contribution in [0.1, 0.15) is 17.5 Å². The van der Waals surface area contributed by atoms with Crippen LogP contribution in [0.2, 0.25) is 0 Å². The Bertz CT molecular complexity index is 608. The second-order valence-corrected chi connectivity index (χ2v) is 4.86. The van der Waals surface area contributed by atoms with Gasteiger partial charge in [0.1, 0.15) is 11.5 Å². The van der Waals surface area contributed by atoms with Crippen molar-refractivity contribution >= 4 is 0 Å². The van der Waals surface area contributed by atoms with Gasteiger partial charge in [0.2, 0.25) is 0 Å². The van der Waals surface area contributed by atoms with E-state index in [1.165, 1.54) is 7.11 Å². The van der Waals surface area contributed by atoms with Crippen LogP contribution in [-0.4, -0.2) is 24.4 Å². The van der Waals surface area contributed by atoms with Crippen molar-refractivity contribution in [1.29, 1.82) is 0 Å². The van der Waals surface area contributed by atoms with Crippen molar-refractivity contribution in [1.82, 2.24) is 0 Å². The highest BCUT2D eigenvalue weighted by molar-refractivity contribution is 5.42. The van der Waals surface area contributed by atoms with Gasteiger partial charge in [0.15, 0.2) is 11.5 Å². The Hall–Kier alpha value is -2.36. The fourth-order valence-corrected chi connectivity index (χ4v) is 2.31. The molecule has 4 nitrogen and oxygen atoms in total. The van der Waals surface area contributed by atoms with Crippen molar-refractivity contribution in [2.45, 2.75) is 19.3 Å². The maximum absolute atomic E-state index is 9.75. The smallest absolute Gasteiger partial charge is 0.160 e. The molecule has 0 fully saturated rings. The van der Waals surface area contributed by atoms with Crippen LogP contribution in [0, 0.1) is 0 Å². The van der Waals surface area contributed by atoms with E-state index in [2.05, 4.69) is 0 Å². The second kappa shape index (κ2) is 6.88. The summed E-state index contributed by atoms with van der Waals surface area (Å²) < 4.78 is 10.3. The van der Waals surface area contributed by atoms with E-state index in [0.29, 0.717) is 11.5 Å². The van der Waals surface area contributed by atoms with E-state index < -0.39 is 0 Å². The summed E-state index contributed by atoms with van der Waals surface area (Å²) in [6, 6.07) is 10.6. The molecule has 0 radical (unpaired) electrons. The molecule has 0 aliphatic heterocycles. The van der Waals surface area contributed by atoms with Gasteiger partial charge in [-0.2, -0.15) is 0 Å². The van der Waals surface area contributed by atoms with E-state index in [1.807, 2.05) is 12.1 Å². The van der Waals surface area contributed by atoms with Crippen molar-refractivity contribution in [3.05, 3.63) is 47.5 Å². The van der Waals surface area contributed by atoms with Crippen LogP contribution in [0.15, 0.2) is 36.4 Å². The van der Waals surface area contributed by atoms with Crippen molar-refractivity contribution in [2.75, 3.05) is 14.2 Å². The van der Waals surface area contributed by atoms with E-state index in [-0.39, 0.29) is 11.5 Å². The highest BCUT2D eigenvalue weighted by Gasteiger charge is 2.06. The Balaban J connectivity index is 1.97. The first kappa shape index (κ1) is 15.0. The predicted molar refractivity (Wildman–Crippen MR) is 81.3 cm³/mol. The Morgan fingerprint density at radius 2 is 1.62 bits per heavy atom. The summed E-state index contributed by atoms with van der Waals surface area (Å²) in [6.07, 6.45) is 2.62. The number of rotatable bonds is 6. The van der Waals surface area contributed by atoms with Crippen LogP contribution in [0.5, 0.6) is 23.0 Å². The van der Waals surface area contributed by atoms with Gasteiger partial charge in [-0.15, -0.1) is 0 Å². The van der Waals surface area contributed by atoms with Gasteiger partial charge in [0.25, 0.3) is 0 Å². The molecule has 21 heavy (non-hydrogen) atoms. The lowest BCUT2D eigenvalue weighted by molar-refractivity contribution is 0.373. The van der Waals surface area contributed by atoms with Gasteiger partial charge in [-0.25, -0.2) is 0 Å². The number of phenols is 2. The van der Waals surface area contributed by atoms with Crippen LogP contribution in [-0.2, 0) is 12.8 Å². The van der Waals surface area contributed by atoms with Gasteiger partial charge < -0.3 is 19.7 Å². The Morgan fingerprint density at radius 1 is 0.857 bits per heavy atom. The topological polar surface area (TPSA) is 58.9 Å². The molecule has 0 spiro atoms. The SMILES string of the molecule is COc1ccc(CCCc2ccc(O)cc2OC)cc1O. The zero-order valence-electron chi connectivity index (χ0n) is 12.3. The molecule has 112 valence electrons. The number of methoxy groups -OCH3 is 2. The standard InChI is InChI=1S/C17H20O4/c1-20-16-9-6-12(10-15(16)19)4-3-5-13-7-8-14(18)11-17(13)21-2/h6-11,18-19H,3-5H2,1-2H3. The molecular weight excluding hydrogens is 268 g/mol. The monoisotopic (exact) mass is 288 g/mol. The van der Waals surface area contributed by atoms with Crippen molar-refractivity contribution in [3.63, 3.8) is 0 Å². The Labute approximate surface area is 124 Å². The molecule has 2 aromatic carbocycles. The highest BCUT2D eigenvalue weighted by atomic mass is 16.5. The lowest BCUT2D eigenvalue weighted by Crippen LogP contribution is -1.94. The first-order valence-electron chi connectivity index (χ1n) is 6.86. The zero-order chi connectivity index (χ0) is 15.2. The second-order valence-electron chi connectivity index (χ2n) is 4.86. The summed E-state index contributed by atoms with van der Waals surface area (Å²) in [5, 5.41) is 19.2. The minimum absolute atomic E-state index is 0.164. The number of hydrogen-bond acceptors (Lipinski definition) is 4. The Kier molecular flexibility index (Phi) is 4.93. The fraction of sp³-hybridized carbons (Fsp3) is 0.294. The van der Waals surface area contributed by atoms with Gasteiger partial charge >= 0.3 is 0 Å². The van der Waals surface area contributed by atoms with E-state index in [1.54, 1.807) is 31.4 Å². The summed E-state index contributed by atoms with van der Waals surface area (Å²) in [6.45, 7) is 0. The number of hydrogen-bond donors (Lipinski definition) is 2. The van der Waals surface area contributed by atoms with Crippen molar-refractivity contribution in [3.8, 4) is 23.0 Å². The summed E-state index contributed by atoms with van der Waals surface area (Å²) in [5.41, 5.74) is 2.12. The quantitative estimate of drug-likeness (QED) is 0.856. The molecular formula is C17H20O4. The maximum Gasteiger partial charge on any atom is 0.160 e. The zero-order valence-corrected chi connectivity index (χ0v) is 12.3. The lowest BCUT2D eigenvalue weighted by Gasteiger charge is -2.09. The maximum atomic E-state index is 9.75. The summed E-state index contributed by atoms with van der Waals surface area (Å²) in [5.74, 6) is 1.56. The first-order chi connectivity index (χ1) is 10.1. The van der Waals surface area contributed by atoms with E-state index in [9.17, 15) is 10.2 Å². The molecule has 0 aromatic heterocycles. The molecule has 4 heteroatoms. The lowest BCUT2D eigenvalue weighted by atomic mass is 10.0. The third-order valence-electron chi connectivity index (χ3n) is 3.43. The molecule has 2 N–H and O–H groups in total. The summed E-state index contributed by atoms with van der Waals surface area (Å²) in [4.78, 5) is 0. The van der Waals surface area contributed by atoms with Crippen LogP contribution >= 0.6 is 0 Å². The van der Waals surface area contributed by atoms with Gasteiger partial charge in [0, 0.05) is 6.07 Å². The normalized spacial score (nSPS) is 10.4. The molecule has 0 saturated heterocycles. The molecule has 0 bridgehead atoms. The van der Waals surface area contributed by atoms with Crippen LogP contribution in [0.4, 0.5) is 0 Å². The van der Waals surface area contributed by atoms with Gasteiger partial charge in [-0.3, -0.25) is 0 Å². The third kappa shape index (κ3) is 3.81. The van der Waals surface area contributed by atoms with Gasteiger partial charge in [0.05, 0.1) is 14.2 Å². The number of benzene rings is 2. The molecule has 2 aromatic rings. The average molecular weight is 288 g/mol. The molecule has 0 atom stereocenters. The van der Waals surface area contributed by atoms with Crippen molar-refractivity contribution in [2.24, 2.45) is 0 Å². The number of aromatic hydroxyl groups is 2. The van der Waals surface area contributed by atoms with E-state index in [4.69, 9.17) is 9.47 Å². The number of phenolic OH excluding ortho intramolecular Hbond substituents is 2. The van der Waals surface area contributed by atoms with E-state index in [0.717, 1.165) is 30.4 Å². The van der Waals surface area contributed by atoms with Crippen LogP contribution in [0.3, 0.4) is 0 Å². The molecule has 0 heterocycles. The fourth-order valence-electron chi connectivity index (χ4n) is 2.31. The molecule has 0 aliphatic carbocycles. The first-order valence-corrected chi connectivity index (χ1v) is 6.86. The van der Waals surface area contributed by atoms with E-state index >= 15 is 0 Å². The highest BCUT2D eigenvalue weighted by Crippen LogP contribution is 2.28. The van der Waals surface area contributed by atoms with Crippen LogP contribution < -0.4 is 9.47 Å². The predicted octanol–water partition coefficient (Wildman–Crippen LogP) is 3.29. The van der Waals surface area contributed by atoms with Gasteiger partial charge in [-0.05, 0) is 48.6 Å². The third-order valence-corrected chi connectivity index (χ3v) is 3.43. The molecule has 0 amide bonds. The summed E-state index contributed by atoms with van der Waals surface area (Å²) in [7, 11) is 3.13. The number of ether oxygens (including phenoxy) is 2. The summed E-state index contributed by atoms with van der Waals surface area (Å²) >= 11 is 0. The molecule has 0 saturated carbocycles. The van der Waals surface area contributed by atoms with Gasteiger partial charge in [-0.1, -0.05) is 12.1 Å². The minimum atomic E-state index is 0.164. The Morgan fingerprint density at radius 3 is 2.29 bits per heavy atom. The minimum Gasteiger partial charge on any atom is -0.508 e. The average Bonchev–Trinajstić information content (AvgIpc) is 2.49.